The maximum atomic E-state index is 2.43. The van der Waals surface area contributed by atoms with Crippen molar-refractivity contribution < 1.29 is 0 Å². The van der Waals surface area contributed by atoms with E-state index in [9.17, 15) is 0 Å². The van der Waals surface area contributed by atoms with Gasteiger partial charge in [-0.15, -0.1) is 0 Å². The zero-order valence-corrected chi connectivity index (χ0v) is 26.9. The van der Waals surface area contributed by atoms with Crippen molar-refractivity contribution in [2.45, 2.75) is 93.4 Å². The van der Waals surface area contributed by atoms with Crippen molar-refractivity contribution in [1.82, 2.24) is 0 Å². The lowest BCUT2D eigenvalue weighted by Gasteiger charge is -2.29. The molecule has 5 atom stereocenters. The Kier molecular flexibility index (Phi) is 11.3. The van der Waals surface area contributed by atoms with Gasteiger partial charge >= 0.3 is 0 Å². The SMILES string of the molecule is CC1CCC2CC(C)CC2C1.Cc1ccc(C)cc1.Cc1ccc2c(c1)CC(C)C2.Cc1ccc2ccccc2c1. The van der Waals surface area contributed by atoms with Crippen LogP contribution in [0.3, 0.4) is 0 Å². The molecule has 0 heteroatoms. The highest BCUT2D eigenvalue weighted by Gasteiger charge is 2.35. The second kappa shape index (κ2) is 14.9. The van der Waals surface area contributed by atoms with Crippen LogP contribution in [0.5, 0.6) is 0 Å². The predicted octanol–water partition coefficient (Wildman–Crippen LogP) is 11.7. The fourth-order valence-corrected chi connectivity index (χ4v) is 7.20. The summed E-state index contributed by atoms with van der Waals surface area (Å²) in [7, 11) is 0. The van der Waals surface area contributed by atoms with Gasteiger partial charge in [-0.05, 0) is 118 Å². The second-order valence-corrected chi connectivity index (χ2v) is 13.8. The van der Waals surface area contributed by atoms with Gasteiger partial charge in [-0.2, -0.15) is 0 Å². The number of rotatable bonds is 0. The van der Waals surface area contributed by atoms with Crippen LogP contribution in [-0.4, -0.2) is 0 Å². The summed E-state index contributed by atoms with van der Waals surface area (Å²) < 4.78 is 0. The van der Waals surface area contributed by atoms with Crippen LogP contribution in [0.1, 0.15) is 86.3 Å². The molecule has 0 N–H and O–H groups in total. The number of hydrogen-bond acceptors (Lipinski definition) is 0. The van der Waals surface area contributed by atoms with Crippen molar-refractivity contribution in [3.8, 4) is 0 Å². The molecule has 0 aliphatic heterocycles. The molecule has 5 unspecified atom stereocenters. The predicted molar refractivity (Wildman–Crippen MR) is 181 cm³/mol. The highest BCUT2D eigenvalue weighted by atomic mass is 14.4. The Morgan fingerprint density at radius 3 is 1.68 bits per heavy atom. The van der Waals surface area contributed by atoms with Gasteiger partial charge in [0.2, 0.25) is 0 Å². The lowest BCUT2D eigenvalue weighted by atomic mass is 9.77. The third-order valence-electron chi connectivity index (χ3n) is 9.43. The summed E-state index contributed by atoms with van der Waals surface area (Å²) in [6.07, 6.45) is 10.2. The molecule has 2 fully saturated rings. The molecule has 3 aliphatic rings. The summed E-state index contributed by atoms with van der Waals surface area (Å²) in [5.74, 6) is 5.18. The van der Waals surface area contributed by atoms with Crippen LogP contribution in [0, 0.1) is 57.3 Å². The largest absolute Gasteiger partial charge is 0.0625 e. The second-order valence-electron chi connectivity index (χ2n) is 13.8. The standard InChI is InChI=1S/C11H20.C11H14.C11H10.C8H10/c2*1-8-3-4-10-6-9(2)7-11(10)5-8;1-9-6-7-10-4-2-3-5-11(10)8-9;1-7-3-5-8(2)6-4-7/h8-11H,3-7H2,1-2H3;3-5,9H,6-7H2,1-2H3;2-8H,1H3;3-6H,1-2H3. The van der Waals surface area contributed by atoms with E-state index in [-0.39, 0.29) is 0 Å². The molecule has 218 valence electrons. The van der Waals surface area contributed by atoms with Gasteiger partial charge in [0.1, 0.15) is 0 Å². The first-order valence-electron chi connectivity index (χ1n) is 16.2. The van der Waals surface area contributed by atoms with Gasteiger partial charge in [0.25, 0.3) is 0 Å². The molecule has 4 aromatic carbocycles. The molecular weight excluding hydrogens is 492 g/mol. The summed E-state index contributed by atoms with van der Waals surface area (Å²) in [5, 5.41) is 2.64. The third kappa shape index (κ3) is 9.59. The van der Waals surface area contributed by atoms with Gasteiger partial charge in [-0.3, -0.25) is 0 Å². The number of aryl methyl sites for hydroxylation is 4. The van der Waals surface area contributed by atoms with Gasteiger partial charge < -0.3 is 0 Å². The molecule has 41 heavy (non-hydrogen) atoms. The topological polar surface area (TPSA) is 0 Å². The van der Waals surface area contributed by atoms with Crippen LogP contribution < -0.4 is 0 Å². The molecule has 0 heterocycles. The van der Waals surface area contributed by atoms with Crippen molar-refractivity contribution in [2.24, 2.45) is 29.6 Å². The average molecular weight is 547 g/mol. The van der Waals surface area contributed by atoms with Crippen molar-refractivity contribution in [2.75, 3.05) is 0 Å². The first-order chi connectivity index (χ1) is 19.7. The first-order valence-corrected chi connectivity index (χ1v) is 16.2. The van der Waals surface area contributed by atoms with Crippen molar-refractivity contribution in [3.05, 3.63) is 118 Å². The minimum absolute atomic E-state index is 0.867. The molecule has 4 aromatic rings. The molecule has 0 spiro atoms. The Labute approximate surface area is 251 Å². The van der Waals surface area contributed by atoms with Crippen LogP contribution in [-0.2, 0) is 12.8 Å². The van der Waals surface area contributed by atoms with E-state index >= 15 is 0 Å². The normalized spacial score (nSPS) is 24.0. The third-order valence-corrected chi connectivity index (χ3v) is 9.43. The highest BCUT2D eigenvalue weighted by Crippen LogP contribution is 2.46. The summed E-state index contributed by atoms with van der Waals surface area (Å²) in [5.41, 5.74) is 8.54. The van der Waals surface area contributed by atoms with Crippen molar-refractivity contribution >= 4 is 10.8 Å². The molecule has 0 radical (unpaired) electrons. The zero-order valence-electron chi connectivity index (χ0n) is 26.9. The van der Waals surface area contributed by atoms with Crippen molar-refractivity contribution in [1.29, 1.82) is 0 Å². The van der Waals surface area contributed by atoms with E-state index < -0.39 is 0 Å². The molecule has 0 bridgehead atoms. The minimum atomic E-state index is 0.867. The number of fused-ring (bicyclic) bond motifs is 3. The lowest BCUT2D eigenvalue weighted by Crippen LogP contribution is -2.18. The van der Waals surface area contributed by atoms with E-state index in [1.807, 2.05) is 0 Å². The average Bonchev–Trinajstić information content (AvgIpc) is 3.51. The summed E-state index contributed by atoms with van der Waals surface area (Å²) in [4.78, 5) is 0. The molecular formula is C41H54. The van der Waals surface area contributed by atoms with Gasteiger partial charge in [-0.25, -0.2) is 0 Å². The summed E-state index contributed by atoms with van der Waals surface area (Å²) in [6, 6.07) is 30.2. The Balaban J connectivity index is 0.000000127. The first kappa shape index (κ1) is 31.1. The fraction of sp³-hybridized carbons (Fsp3) is 0.463. The van der Waals surface area contributed by atoms with Crippen LogP contribution >= 0.6 is 0 Å². The van der Waals surface area contributed by atoms with Crippen LogP contribution in [0.25, 0.3) is 10.8 Å². The maximum Gasteiger partial charge on any atom is -0.0181 e. The van der Waals surface area contributed by atoms with E-state index in [0.717, 1.165) is 29.6 Å². The van der Waals surface area contributed by atoms with Crippen LogP contribution in [0.2, 0.25) is 0 Å². The Morgan fingerprint density at radius 2 is 0.976 bits per heavy atom. The van der Waals surface area contributed by atoms with Gasteiger partial charge in [0.15, 0.2) is 0 Å². The van der Waals surface area contributed by atoms with E-state index in [0.29, 0.717) is 0 Å². The van der Waals surface area contributed by atoms with E-state index in [1.54, 1.807) is 11.1 Å². The Hall–Kier alpha value is -2.86. The molecule has 3 aliphatic carbocycles. The number of benzene rings is 4. The fourth-order valence-electron chi connectivity index (χ4n) is 7.20. The Bertz CT molecular complexity index is 1340. The van der Waals surface area contributed by atoms with Gasteiger partial charge in [0, 0.05) is 0 Å². The maximum absolute atomic E-state index is 2.43. The molecule has 0 amide bonds. The minimum Gasteiger partial charge on any atom is -0.0625 e. The van der Waals surface area contributed by atoms with Gasteiger partial charge in [-0.1, -0.05) is 134 Å². The van der Waals surface area contributed by atoms with Crippen LogP contribution in [0.15, 0.2) is 84.9 Å². The van der Waals surface area contributed by atoms with E-state index in [4.69, 9.17) is 0 Å². The monoisotopic (exact) mass is 546 g/mol. The smallest absolute Gasteiger partial charge is 0.0181 e. The van der Waals surface area contributed by atoms with Crippen molar-refractivity contribution in [3.63, 3.8) is 0 Å². The molecule has 0 nitrogen and oxygen atoms in total. The number of hydrogen-bond donors (Lipinski definition) is 0. The van der Waals surface area contributed by atoms with Crippen LogP contribution in [0.4, 0.5) is 0 Å². The Morgan fingerprint density at radius 1 is 0.439 bits per heavy atom. The lowest BCUT2D eigenvalue weighted by molar-refractivity contribution is 0.220. The summed E-state index contributed by atoms with van der Waals surface area (Å²) in [6.45, 7) is 15.7. The van der Waals surface area contributed by atoms with Gasteiger partial charge in [0.05, 0.1) is 0 Å². The molecule has 2 saturated carbocycles. The van der Waals surface area contributed by atoms with E-state index in [2.05, 4.69) is 133 Å². The molecule has 0 aromatic heterocycles. The highest BCUT2D eigenvalue weighted by molar-refractivity contribution is 5.82. The molecule has 7 rings (SSSR count). The van der Waals surface area contributed by atoms with E-state index in [1.165, 1.54) is 78.0 Å². The summed E-state index contributed by atoms with van der Waals surface area (Å²) >= 11 is 0. The zero-order chi connectivity index (χ0) is 29.4. The quantitative estimate of drug-likeness (QED) is 0.206. The molecule has 0 saturated heterocycles.